The standard InChI is InChI=1S/C18H26N2O/c1-14-6-8-16(9-7-14)19-18(21)11-13-20-12-10-15-4-2-3-5-17(15)20/h6-9,15,17H,2-5,10-13H2,1H3,(H,19,21). The number of aryl methyl sites for hydroxylation is 1. The summed E-state index contributed by atoms with van der Waals surface area (Å²) in [7, 11) is 0. The van der Waals surface area contributed by atoms with Crippen LogP contribution in [-0.4, -0.2) is 29.9 Å². The molecule has 0 radical (unpaired) electrons. The van der Waals surface area contributed by atoms with Crippen LogP contribution in [-0.2, 0) is 4.79 Å². The number of nitrogens with zero attached hydrogens (tertiary/aromatic N) is 1. The van der Waals surface area contributed by atoms with Crippen molar-refractivity contribution in [1.82, 2.24) is 4.90 Å². The van der Waals surface area contributed by atoms with E-state index in [0.29, 0.717) is 6.42 Å². The van der Waals surface area contributed by atoms with Crippen LogP contribution in [0.25, 0.3) is 0 Å². The summed E-state index contributed by atoms with van der Waals surface area (Å²) in [5.74, 6) is 1.04. The predicted octanol–water partition coefficient (Wildman–Crippen LogP) is 3.59. The summed E-state index contributed by atoms with van der Waals surface area (Å²) >= 11 is 0. The lowest BCUT2D eigenvalue weighted by atomic mass is 9.85. The first-order chi connectivity index (χ1) is 10.2. The lowest BCUT2D eigenvalue weighted by Crippen LogP contribution is -2.36. The zero-order valence-corrected chi connectivity index (χ0v) is 13.0. The lowest BCUT2D eigenvalue weighted by Gasteiger charge is -2.31. The van der Waals surface area contributed by atoms with Crippen molar-refractivity contribution in [3.63, 3.8) is 0 Å². The van der Waals surface area contributed by atoms with Crippen molar-refractivity contribution in [2.45, 2.75) is 51.5 Å². The second kappa shape index (κ2) is 6.61. The first-order valence-electron chi connectivity index (χ1n) is 8.33. The molecule has 2 aliphatic rings. The summed E-state index contributed by atoms with van der Waals surface area (Å²) in [4.78, 5) is 14.6. The smallest absolute Gasteiger partial charge is 0.225 e. The van der Waals surface area contributed by atoms with E-state index in [4.69, 9.17) is 0 Å². The molecule has 1 N–H and O–H groups in total. The van der Waals surface area contributed by atoms with Gasteiger partial charge < -0.3 is 5.32 Å². The van der Waals surface area contributed by atoms with Crippen molar-refractivity contribution in [2.75, 3.05) is 18.4 Å². The first-order valence-corrected chi connectivity index (χ1v) is 8.33. The summed E-state index contributed by atoms with van der Waals surface area (Å²) in [6.07, 6.45) is 7.46. The van der Waals surface area contributed by atoms with E-state index in [2.05, 4.69) is 17.1 Å². The Labute approximate surface area is 127 Å². The maximum atomic E-state index is 12.1. The van der Waals surface area contributed by atoms with Crippen LogP contribution < -0.4 is 5.32 Å². The molecule has 0 aromatic heterocycles. The molecule has 0 spiro atoms. The first kappa shape index (κ1) is 14.6. The zero-order valence-electron chi connectivity index (χ0n) is 13.0. The van der Waals surface area contributed by atoms with E-state index >= 15 is 0 Å². The molecule has 2 fully saturated rings. The molecule has 3 nitrogen and oxygen atoms in total. The van der Waals surface area contributed by atoms with Gasteiger partial charge in [-0.25, -0.2) is 0 Å². The fraction of sp³-hybridized carbons (Fsp3) is 0.611. The van der Waals surface area contributed by atoms with E-state index in [0.717, 1.165) is 24.2 Å². The number of rotatable bonds is 4. The van der Waals surface area contributed by atoms with Crippen LogP contribution in [0.2, 0.25) is 0 Å². The van der Waals surface area contributed by atoms with Gasteiger partial charge in [0.15, 0.2) is 0 Å². The minimum atomic E-state index is 0.137. The van der Waals surface area contributed by atoms with Crippen LogP contribution in [0.15, 0.2) is 24.3 Å². The largest absolute Gasteiger partial charge is 0.326 e. The number of anilines is 1. The summed E-state index contributed by atoms with van der Waals surface area (Å²) in [6, 6.07) is 8.76. The van der Waals surface area contributed by atoms with Crippen LogP contribution in [0.4, 0.5) is 5.69 Å². The molecular weight excluding hydrogens is 260 g/mol. The molecule has 1 aliphatic carbocycles. The number of amides is 1. The number of hydrogen-bond donors (Lipinski definition) is 1. The molecule has 1 amide bonds. The van der Waals surface area contributed by atoms with E-state index < -0.39 is 0 Å². The number of likely N-dealkylation sites (tertiary alicyclic amines) is 1. The SMILES string of the molecule is Cc1ccc(NC(=O)CCN2CCC3CCCCC32)cc1. The number of carbonyl (C=O) groups excluding carboxylic acids is 1. The Morgan fingerprint density at radius 2 is 1.95 bits per heavy atom. The molecule has 1 saturated carbocycles. The minimum absolute atomic E-state index is 0.137. The third-order valence-electron chi connectivity index (χ3n) is 5.09. The second-order valence-electron chi connectivity index (χ2n) is 6.60. The quantitative estimate of drug-likeness (QED) is 0.917. The molecular formula is C18H26N2O. The minimum Gasteiger partial charge on any atom is -0.326 e. The summed E-state index contributed by atoms with van der Waals surface area (Å²) in [6.45, 7) is 4.16. The average molecular weight is 286 g/mol. The number of hydrogen-bond acceptors (Lipinski definition) is 2. The van der Waals surface area contributed by atoms with Crippen molar-refractivity contribution < 1.29 is 4.79 Å². The van der Waals surface area contributed by atoms with Gasteiger partial charge >= 0.3 is 0 Å². The molecule has 3 rings (SSSR count). The average Bonchev–Trinajstić information content (AvgIpc) is 2.91. The zero-order chi connectivity index (χ0) is 14.7. The van der Waals surface area contributed by atoms with Crippen molar-refractivity contribution in [1.29, 1.82) is 0 Å². The highest BCUT2D eigenvalue weighted by atomic mass is 16.1. The highest BCUT2D eigenvalue weighted by Crippen LogP contribution is 2.35. The Hall–Kier alpha value is -1.35. The topological polar surface area (TPSA) is 32.3 Å². The Balaban J connectivity index is 1.46. The molecule has 3 heteroatoms. The fourth-order valence-electron chi connectivity index (χ4n) is 3.89. The van der Waals surface area contributed by atoms with Gasteiger partial charge in [-0.15, -0.1) is 0 Å². The molecule has 114 valence electrons. The normalized spacial score (nSPS) is 25.6. The summed E-state index contributed by atoms with van der Waals surface area (Å²) < 4.78 is 0. The van der Waals surface area contributed by atoms with Crippen molar-refractivity contribution in [2.24, 2.45) is 5.92 Å². The van der Waals surface area contributed by atoms with Crippen LogP contribution in [0.3, 0.4) is 0 Å². The second-order valence-corrected chi connectivity index (χ2v) is 6.60. The van der Waals surface area contributed by atoms with Crippen molar-refractivity contribution >= 4 is 11.6 Å². The Bertz CT molecular complexity index is 482. The third kappa shape index (κ3) is 3.65. The Kier molecular flexibility index (Phi) is 4.59. The van der Waals surface area contributed by atoms with Gasteiger partial charge in [0.25, 0.3) is 0 Å². The maximum absolute atomic E-state index is 12.1. The highest BCUT2D eigenvalue weighted by molar-refractivity contribution is 5.90. The van der Waals surface area contributed by atoms with Crippen LogP contribution in [0, 0.1) is 12.8 Å². The maximum Gasteiger partial charge on any atom is 0.225 e. The van der Waals surface area contributed by atoms with Gasteiger partial charge in [0.05, 0.1) is 0 Å². The van der Waals surface area contributed by atoms with E-state index in [9.17, 15) is 4.79 Å². The number of fused-ring (bicyclic) bond motifs is 1. The number of carbonyl (C=O) groups is 1. The monoisotopic (exact) mass is 286 g/mol. The van der Waals surface area contributed by atoms with Gasteiger partial charge in [0, 0.05) is 24.7 Å². The van der Waals surface area contributed by atoms with E-state index in [1.807, 2.05) is 24.3 Å². The highest BCUT2D eigenvalue weighted by Gasteiger charge is 2.35. The van der Waals surface area contributed by atoms with Gasteiger partial charge in [0.1, 0.15) is 0 Å². The van der Waals surface area contributed by atoms with E-state index in [-0.39, 0.29) is 5.91 Å². The molecule has 2 unspecified atom stereocenters. The number of nitrogens with one attached hydrogen (secondary N) is 1. The molecule has 1 aliphatic heterocycles. The van der Waals surface area contributed by atoms with Crippen LogP contribution in [0.1, 0.15) is 44.1 Å². The van der Waals surface area contributed by atoms with Gasteiger partial charge in [-0.3, -0.25) is 9.69 Å². The molecule has 1 heterocycles. The molecule has 1 aromatic rings. The molecule has 1 aromatic carbocycles. The van der Waals surface area contributed by atoms with Gasteiger partial charge in [-0.1, -0.05) is 30.5 Å². The Morgan fingerprint density at radius 3 is 2.76 bits per heavy atom. The van der Waals surface area contributed by atoms with E-state index in [1.165, 1.54) is 44.2 Å². The van der Waals surface area contributed by atoms with Crippen LogP contribution in [0.5, 0.6) is 0 Å². The molecule has 21 heavy (non-hydrogen) atoms. The number of benzene rings is 1. The summed E-state index contributed by atoms with van der Waals surface area (Å²) in [5, 5.41) is 3.00. The van der Waals surface area contributed by atoms with Crippen molar-refractivity contribution in [3.05, 3.63) is 29.8 Å². The molecule has 2 atom stereocenters. The fourth-order valence-corrected chi connectivity index (χ4v) is 3.89. The van der Waals surface area contributed by atoms with Gasteiger partial charge in [0.2, 0.25) is 5.91 Å². The lowest BCUT2D eigenvalue weighted by molar-refractivity contribution is -0.116. The van der Waals surface area contributed by atoms with Gasteiger partial charge in [-0.2, -0.15) is 0 Å². The molecule has 1 saturated heterocycles. The van der Waals surface area contributed by atoms with Crippen LogP contribution >= 0.6 is 0 Å². The van der Waals surface area contributed by atoms with Crippen molar-refractivity contribution in [3.8, 4) is 0 Å². The van der Waals surface area contributed by atoms with E-state index in [1.54, 1.807) is 0 Å². The molecule has 0 bridgehead atoms. The Morgan fingerprint density at radius 1 is 1.19 bits per heavy atom. The van der Waals surface area contributed by atoms with Gasteiger partial charge in [-0.05, 0) is 50.8 Å². The predicted molar refractivity (Wildman–Crippen MR) is 86.4 cm³/mol. The summed E-state index contributed by atoms with van der Waals surface area (Å²) in [5.41, 5.74) is 2.12. The third-order valence-corrected chi connectivity index (χ3v) is 5.09.